The van der Waals surface area contributed by atoms with Gasteiger partial charge in [0.25, 0.3) is 0 Å². The van der Waals surface area contributed by atoms with E-state index in [1.165, 1.54) is 4.90 Å². The zero-order valence-corrected chi connectivity index (χ0v) is 20.0. The van der Waals surface area contributed by atoms with Crippen molar-refractivity contribution in [3.63, 3.8) is 0 Å². The molecular weight excluding hydrogens is 424 g/mol. The van der Waals surface area contributed by atoms with Crippen LogP contribution in [-0.2, 0) is 14.4 Å². The van der Waals surface area contributed by atoms with Gasteiger partial charge in [-0.25, -0.2) is 4.68 Å². The van der Waals surface area contributed by atoms with E-state index in [1.54, 1.807) is 4.68 Å². The van der Waals surface area contributed by atoms with Gasteiger partial charge in [-0.2, -0.15) is 0 Å². The summed E-state index contributed by atoms with van der Waals surface area (Å²) in [6, 6.07) is -1.57. The maximum absolute atomic E-state index is 13.8. The zero-order chi connectivity index (χ0) is 24.1. The highest BCUT2D eigenvalue weighted by Crippen LogP contribution is 2.42. The van der Waals surface area contributed by atoms with Gasteiger partial charge in [-0.05, 0) is 43.4 Å². The highest BCUT2D eigenvalue weighted by molar-refractivity contribution is 5.95. The summed E-state index contributed by atoms with van der Waals surface area (Å²) in [4.78, 5) is 40.9. The maximum atomic E-state index is 13.8. The third-order valence-corrected chi connectivity index (χ3v) is 7.33. The van der Waals surface area contributed by atoms with Gasteiger partial charge in [0.05, 0.1) is 11.8 Å². The molecule has 33 heavy (non-hydrogen) atoms. The molecule has 0 radical (unpaired) electrons. The normalized spacial score (nSPS) is 26.0. The summed E-state index contributed by atoms with van der Waals surface area (Å²) in [5, 5.41) is 21.8. The number of nitrogens with zero attached hydrogens (tertiary/aromatic N) is 4. The third-order valence-electron chi connectivity index (χ3n) is 7.33. The molecule has 10 heteroatoms. The Morgan fingerprint density at radius 2 is 1.91 bits per heavy atom. The van der Waals surface area contributed by atoms with Crippen LogP contribution in [0.4, 0.5) is 0 Å². The minimum Gasteiger partial charge on any atom is -0.391 e. The number of aliphatic hydroxyl groups is 1. The number of hydrogen-bond acceptors (Lipinski definition) is 6. The monoisotopic (exact) mass is 460 g/mol. The van der Waals surface area contributed by atoms with Crippen molar-refractivity contribution in [1.29, 1.82) is 0 Å². The van der Waals surface area contributed by atoms with E-state index in [0.717, 1.165) is 31.4 Å². The van der Waals surface area contributed by atoms with Crippen LogP contribution in [0.1, 0.15) is 83.9 Å². The summed E-state index contributed by atoms with van der Waals surface area (Å²) in [5.74, 6) is -0.880. The molecule has 0 aromatic carbocycles. The molecule has 1 aliphatic heterocycles. The average molecular weight is 461 g/mol. The van der Waals surface area contributed by atoms with Crippen molar-refractivity contribution in [2.24, 2.45) is 17.1 Å². The first-order valence-corrected chi connectivity index (χ1v) is 12.0. The lowest BCUT2D eigenvalue weighted by Crippen LogP contribution is -2.62. The maximum Gasteiger partial charge on any atom is 0.248 e. The fourth-order valence-electron chi connectivity index (χ4n) is 5.12. The molecule has 3 fully saturated rings. The first kappa shape index (κ1) is 23.7. The summed E-state index contributed by atoms with van der Waals surface area (Å²) >= 11 is 0. The van der Waals surface area contributed by atoms with E-state index in [2.05, 4.69) is 15.6 Å². The number of hydrogen-bond donors (Lipinski definition) is 3. The first-order chi connectivity index (χ1) is 15.5. The minimum absolute atomic E-state index is 0.0118. The van der Waals surface area contributed by atoms with Crippen molar-refractivity contribution < 1.29 is 19.5 Å². The number of β-amino-alcohol motifs (C(OH)–C–C–N with tert-alkyl or cyclic N) is 1. The molecule has 3 aliphatic rings. The molecule has 1 aromatic rings. The quantitative estimate of drug-likeness (QED) is 0.525. The zero-order valence-electron chi connectivity index (χ0n) is 20.0. The van der Waals surface area contributed by atoms with Crippen LogP contribution in [0.3, 0.4) is 0 Å². The summed E-state index contributed by atoms with van der Waals surface area (Å²) < 4.78 is 1.60. The van der Waals surface area contributed by atoms with E-state index in [9.17, 15) is 19.5 Å². The molecule has 1 aromatic heterocycles. The first-order valence-electron chi connectivity index (χ1n) is 12.0. The van der Waals surface area contributed by atoms with Crippen LogP contribution in [0.15, 0.2) is 6.20 Å². The van der Waals surface area contributed by atoms with Gasteiger partial charge in [-0.3, -0.25) is 14.4 Å². The van der Waals surface area contributed by atoms with E-state index in [4.69, 9.17) is 5.73 Å². The van der Waals surface area contributed by atoms with E-state index >= 15 is 0 Å². The van der Waals surface area contributed by atoms with Crippen molar-refractivity contribution in [3.8, 4) is 0 Å². The van der Waals surface area contributed by atoms with E-state index < -0.39 is 41.0 Å². The number of nitrogens with one attached hydrogen (secondary N) is 1. The highest BCUT2D eigenvalue weighted by atomic mass is 16.3. The average Bonchev–Trinajstić information content (AvgIpc) is 3.66. The lowest BCUT2D eigenvalue weighted by molar-refractivity contribution is -0.145. The Morgan fingerprint density at radius 3 is 2.42 bits per heavy atom. The predicted octanol–water partition coefficient (Wildman–Crippen LogP) is 0.865. The molecule has 4 rings (SSSR count). The second-order valence-corrected chi connectivity index (χ2v) is 11.0. The summed E-state index contributed by atoms with van der Waals surface area (Å²) in [6.45, 7) is 7.70. The van der Waals surface area contributed by atoms with Crippen molar-refractivity contribution >= 4 is 17.7 Å². The van der Waals surface area contributed by atoms with Crippen molar-refractivity contribution in [2.75, 3.05) is 6.54 Å². The largest absolute Gasteiger partial charge is 0.391 e. The molecular formula is C23H36N6O4. The number of primary amides is 1. The smallest absolute Gasteiger partial charge is 0.248 e. The molecule has 10 nitrogen and oxygen atoms in total. The van der Waals surface area contributed by atoms with Gasteiger partial charge in [0.15, 0.2) is 0 Å². The van der Waals surface area contributed by atoms with E-state index in [0.29, 0.717) is 12.3 Å². The second-order valence-electron chi connectivity index (χ2n) is 11.0. The van der Waals surface area contributed by atoms with E-state index in [-0.39, 0.29) is 24.8 Å². The van der Waals surface area contributed by atoms with Crippen LogP contribution in [0.2, 0.25) is 0 Å². The molecule has 0 spiro atoms. The summed E-state index contributed by atoms with van der Waals surface area (Å²) in [7, 11) is 0. The van der Waals surface area contributed by atoms with Crippen LogP contribution in [0.25, 0.3) is 0 Å². The van der Waals surface area contributed by atoms with Gasteiger partial charge >= 0.3 is 0 Å². The lowest BCUT2D eigenvalue weighted by atomic mass is 9.85. The SMILES string of the molecule is CCC(NC(=O)C1CC(O)CN1C(=O)[C@@H](n1cc(C2CC2)nn1)C(C)(C)C)(C(N)=O)C1CC1. The van der Waals surface area contributed by atoms with Crippen LogP contribution in [0.5, 0.6) is 0 Å². The fourth-order valence-corrected chi connectivity index (χ4v) is 5.12. The number of rotatable bonds is 8. The number of aliphatic hydroxyl groups excluding tert-OH is 1. The molecule has 4 N–H and O–H groups in total. The predicted molar refractivity (Wildman–Crippen MR) is 120 cm³/mol. The van der Waals surface area contributed by atoms with Gasteiger partial charge in [-0.1, -0.05) is 32.9 Å². The molecule has 1 saturated heterocycles. The molecule has 3 amide bonds. The van der Waals surface area contributed by atoms with Crippen LogP contribution >= 0.6 is 0 Å². The van der Waals surface area contributed by atoms with Crippen molar-refractivity contribution in [3.05, 3.63) is 11.9 Å². The second kappa shape index (κ2) is 8.38. The lowest BCUT2D eigenvalue weighted by Gasteiger charge is -2.36. The van der Waals surface area contributed by atoms with Crippen LogP contribution in [-0.4, -0.2) is 67.0 Å². The van der Waals surface area contributed by atoms with Gasteiger partial charge in [0, 0.05) is 25.1 Å². The molecule has 4 atom stereocenters. The molecule has 2 aliphatic carbocycles. The topological polar surface area (TPSA) is 143 Å². The van der Waals surface area contributed by atoms with Gasteiger partial charge < -0.3 is 21.1 Å². The van der Waals surface area contributed by atoms with Gasteiger partial charge in [-0.15, -0.1) is 5.10 Å². The Hall–Kier alpha value is -2.49. The van der Waals surface area contributed by atoms with Gasteiger partial charge in [0.1, 0.15) is 17.6 Å². The highest BCUT2D eigenvalue weighted by Gasteiger charge is 2.52. The number of carbonyl (C=O) groups is 3. The Balaban J connectivity index is 1.59. The number of aromatic nitrogens is 3. The number of amides is 3. The van der Waals surface area contributed by atoms with Crippen molar-refractivity contribution in [2.45, 2.75) is 95.9 Å². The van der Waals surface area contributed by atoms with Crippen molar-refractivity contribution in [1.82, 2.24) is 25.2 Å². The molecule has 182 valence electrons. The Labute approximate surface area is 194 Å². The van der Waals surface area contributed by atoms with Crippen LogP contribution in [0, 0.1) is 11.3 Å². The molecule has 0 bridgehead atoms. The standard InChI is InChI=1S/C23H36N6O4/c1-5-23(21(24)33,14-8-9-14)25-19(31)17-10-15(30)11-28(17)20(32)18(22(2,3)4)29-12-16(26-27-29)13-6-7-13/h12-15,17-18,30H,5-11H2,1-4H3,(H2,24,33)(H,25,31)/t15?,17?,18-,23?/m1/s1. The minimum atomic E-state index is -1.12. The number of likely N-dealkylation sites (tertiary alicyclic amines) is 1. The third kappa shape index (κ3) is 4.49. The Kier molecular flexibility index (Phi) is 6.01. The van der Waals surface area contributed by atoms with Crippen LogP contribution < -0.4 is 11.1 Å². The van der Waals surface area contributed by atoms with E-state index in [1.807, 2.05) is 33.9 Å². The molecule has 2 saturated carbocycles. The number of carbonyl (C=O) groups excluding carboxylic acids is 3. The summed E-state index contributed by atoms with van der Waals surface area (Å²) in [5.41, 5.74) is 4.96. The molecule has 2 heterocycles. The Morgan fingerprint density at radius 1 is 1.24 bits per heavy atom. The Bertz CT molecular complexity index is 932. The number of nitrogens with two attached hydrogens (primary N) is 1. The van der Waals surface area contributed by atoms with Gasteiger partial charge in [0.2, 0.25) is 17.7 Å². The molecule has 3 unspecified atom stereocenters. The summed E-state index contributed by atoms with van der Waals surface area (Å²) in [6.07, 6.45) is 5.31. The fraction of sp³-hybridized carbons (Fsp3) is 0.783.